The van der Waals surface area contributed by atoms with Crippen LogP contribution in [0.3, 0.4) is 0 Å². The van der Waals surface area contributed by atoms with Crippen molar-refractivity contribution in [3.05, 3.63) is 48.8 Å². The summed E-state index contributed by atoms with van der Waals surface area (Å²) in [5, 5.41) is 0. The van der Waals surface area contributed by atoms with Gasteiger partial charge in [0.05, 0.1) is 5.69 Å². The van der Waals surface area contributed by atoms with Gasteiger partial charge in [0.25, 0.3) is 0 Å². The molecule has 1 nitrogen and oxygen atoms in total. The van der Waals surface area contributed by atoms with Gasteiger partial charge >= 0.3 is 0 Å². The van der Waals surface area contributed by atoms with Crippen LogP contribution in [-0.4, -0.2) is 4.98 Å². The molecule has 1 radical (unpaired) electrons. The van der Waals surface area contributed by atoms with E-state index < -0.39 is 0 Å². The molecule has 1 heteroatoms. The minimum atomic E-state index is 0.921. The first kappa shape index (κ1) is 6.75. The number of nitrogens with zero attached hydrogens (tertiary/aromatic N) is 1. The maximum absolute atomic E-state index is 5.14. The third-order valence-electron chi connectivity index (χ3n) is 1.07. The number of rotatable bonds is 2. The summed E-state index contributed by atoms with van der Waals surface area (Å²) in [7, 11) is 0. The quantitative estimate of drug-likeness (QED) is 0.558. The van der Waals surface area contributed by atoms with Gasteiger partial charge in [0, 0.05) is 6.20 Å². The van der Waals surface area contributed by atoms with Gasteiger partial charge in [-0.15, -0.1) is 0 Å². The standard InChI is InChI=1S/C9H8N/c1-2-3-6-9-7-4-5-8-10-9/h1-8H/b2-1?,6-3+. The summed E-state index contributed by atoms with van der Waals surface area (Å²) >= 11 is 0. The molecular weight excluding hydrogens is 122 g/mol. The van der Waals surface area contributed by atoms with Crippen LogP contribution in [0.4, 0.5) is 0 Å². The molecule has 0 aromatic carbocycles. The van der Waals surface area contributed by atoms with E-state index in [1.54, 1.807) is 12.3 Å². The number of aromatic nitrogens is 1. The highest BCUT2D eigenvalue weighted by molar-refractivity contribution is 5.45. The zero-order chi connectivity index (χ0) is 7.23. The lowest BCUT2D eigenvalue weighted by atomic mass is 10.3. The van der Waals surface area contributed by atoms with E-state index in [1.807, 2.05) is 24.3 Å². The van der Waals surface area contributed by atoms with E-state index in [-0.39, 0.29) is 0 Å². The van der Waals surface area contributed by atoms with E-state index in [9.17, 15) is 0 Å². The van der Waals surface area contributed by atoms with Crippen molar-refractivity contribution in [2.45, 2.75) is 0 Å². The van der Waals surface area contributed by atoms with Crippen LogP contribution in [0, 0.1) is 6.58 Å². The molecule has 1 heterocycles. The fourth-order valence-electron chi connectivity index (χ4n) is 0.629. The zero-order valence-corrected chi connectivity index (χ0v) is 5.57. The molecule has 0 aliphatic heterocycles. The van der Waals surface area contributed by atoms with Crippen molar-refractivity contribution in [2.75, 3.05) is 0 Å². The number of hydrogen-bond acceptors (Lipinski definition) is 1. The second-order valence-electron chi connectivity index (χ2n) is 1.81. The van der Waals surface area contributed by atoms with Gasteiger partial charge in [-0.25, -0.2) is 0 Å². The number of hydrogen-bond donors (Lipinski definition) is 0. The normalized spacial score (nSPS) is 10.0. The summed E-state index contributed by atoms with van der Waals surface area (Å²) in [6.07, 6.45) is 6.83. The molecule has 1 rings (SSSR count). The summed E-state index contributed by atoms with van der Waals surface area (Å²) in [6.45, 7) is 5.14. The van der Waals surface area contributed by atoms with Gasteiger partial charge in [-0.1, -0.05) is 24.8 Å². The Kier molecular flexibility index (Phi) is 2.44. The molecular formula is C9H8N. The molecule has 0 amide bonds. The summed E-state index contributed by atoms with van der Waals surface area (Å²) in [5.41, 5.74) is 0.921. The van der Waals surface area contributed by atoms with Crippen molar-refractivity contribution in [3.8, 4) is 0 Å². The van der Waals surface area contributed by atoms with Gasteiger partial charge in [0.15, 0.2) is 0 Å². The lowest BCUT2D eigenvalue weighted by Crippen LogP contribution is -1.74. The predicted molar refractivity (Wildman–Crippen MR) is 42.1 cm³/mol. The second-order valence-corrected chi connectivity index (χ2v) is 1.81. The van der Waals surface area contributed by atoms with Crippen LogP contribution in [0.2, 0.25) is 0 Å². The first-order chi connectivity index (χ1) is 4.93. The van der Waals surface area contributed by atoms with Gasteiger partial charge in [0.1, 0.15) is 0 Å². The van der Waals surface area contributed by atoms with Crippen molar-refractivity contribution < 1.29 is 0 Å². The molecule has 0 aliphatic carbocycles. The fourth-order valence-corrected chi connectivity index (χ4v) is 0.629. The number of pyridine rings is 1. The van der Waals surface area contributed by atoms with Crippen LogP contribution >= 0.6 is 0 Å². The fraction of sp³-hybridized carbons (Fsp3) is 0. The lowest BCUT2D eigenvalue weighted by molar-refractivity contribution is 1.30. The van der Waals surface area contributed by atoms with Crippen molar-refractivity contribution in [3.63, 3.8) is 0 Å². The van der Waals surface area contributed by atoms with E-state index in [0.29, 0.717) is 0 Å². The molecule has 1 aromatic rings. The van der Waals surface area contributed by atoms with E-state index in [2.05, 4.69) is 4.98 Å². The van der Waals surface area contributed by atoms with Crippen molar-refractivity contribution in [2.24, 2.45) is 0 Å². The summed E-state index contributed by atoms with van der Waals surface area (Å²) in [6, 6.07) is 5.73. The highest BCUT2D eigenvalue weighted by atomic mass is 14.6. The monoisotopic (exact) mass is 130 g/mol. The molecule has 0 saturated carbocycles. The van der Waals surface area contributed by atoms with Crippen LogP contribution < -0.4 is 0 Å². The minimum absolute atomic E-state index is 0.921. The van der Waals surface area contributed by atoms with Crippen LogP contribution in [0.1, 0.15) is 5.69 Å². The maximum atomic E-state index is 5.14. The Labute approximate surface area is 60.7 Å². The molecule has 0 atom stereocenters. The van der Waals surface area contributed by atoms with E-state index >= 15 is 0 Å². The Bertz CT molecular complexity index is 224. The maximum Gasteiger partial charge on any atom is 0.0629 e. The van der Waals surface area contributed by atoms with Crippen LogP contribution in [0.5, 0.6) is 0 Å². The van der Waals surface area contributed by atoms with E-state index in [1.165, 1.54) is 6.08 Å². The molecule has 10 heavy (non-hydrogen) atoms. The molecule has 0 bridgehead atoms. The average molecular weight is 130 g/mol. The van der Waals surface area contributed by atoms with Gasteiger partial charge in [-0.05, 0) is 18.2 Å². The third kappa shape index (κ3) is 1.86. The second kappa shape index (κ2) is 3.62. The van der Waals surface area contributed by atoms with Gasteiger partial charge < -0.3 is 0 Å². The van der Waals surface area contributed by atoms with Crippen LogP contribution in [0.25, 0.3) is 6.08 Å². The zero-order valence-electron chi connectivity index (χ0n) is 5.57. The predicted octanol–water partition coefficient (Wildman–Crippen LogP) is 2.08. The van der Waals surface area contributed by atoms with Crippen LogP contribution in [0.15, 0.2) is 36.5 Å². The topological polar surface area (TPSA) is 12.9 Å². The lowest BCUT2D eigenvalue weighted by Gasteiger charge is -1.86. The molecule has 0 aliphatic rings. The van der Waals surface area contributed by atoms with Crippen LogP contribution in [-0.2, 0) is 0 Å². The van der Waals surface area contributed by atoms with Crippen molar-refractivity contribution in [1.29, 1.82) is 0 Å². The Morgan fingerprint density at radius 3 is 2.90 bits per heavy atom. The highest BCUT2D eigenvalue weighted by Gasteiger charge is 1.79. The SMILES string of the molecule is [CH]=C/C=C/c1ccccn1. The highest BCUT2D eigenvalue weighted by Crippen LogP contribution is 1.95. The smallest absolute Gasteiger partial charge is 0.0629 e. The number of allylic oxidation sites excluding steroid dienone is 2. The Morgan fingerprint density at radius 1 is 1.40 bits per heavy atom. The first-order valence-corrected chi connectivity index (χ1v) is 3.06. The first-order valence-electron chi connectivity index (χ1n) is 3.06. The molecule has 49 valence electrons. The van der Waals surface area contributed by atoms with Gasteiger partial charge in [-0.3, -0.25) is 4.98 Å². The Balaban J connectivity index is 2.76. The molecule has 0 N–H and O–H groups in total. The molecule has 0 fully saturated rings. The van der Waals surface area contributed by atoms with E-state index in [0.717, 1.165) is 5.69 Å². The van der Waals surface area contributed by atoms with Gasteiger partial charge in [-0.2, -0.15) is 0 Å². The molecule has 0 spiro atoms. The van der Waals surface area contributed by atoms with Crippen molar-refractivity contribution in [1.82, 2.24) is 4.98 Å². The van der Waals surface area contributed by atoms with Crippen molar-refractivity contribution >= 4 is 6.08 Å². The molecule has 0 unspecified atom stereocenters. The summed E-state index contributed by atoms with van der Waals surface area (Å²) in [5.74, 6) is 0. The molecule has 0 saturated heterocycles. The average Bonchev–Trinajstić information content (AvgIpc) is 2.03. The minimum Gasteiger partial charge on any atom is -0.257 e. The Hall–Kier alpha value is -1.37. The largest absolute Gasteiger partial charge is 0.257 e. The van der Waals surface area contributed by atoms with E-state index in [4.69, 9.17) is 6.58 Å². The third-order valence-corrected chi connectivity index (χ3v) is 1.07. The summed E-state index contributed by atoms with van der Waals surface area (Å²) in [4.78, 5) is 4.05. The van der Waals surface area contributed by atoms with Gasteiger partial charge in [0.2, 0.25) is 0 Å². The Morgan fingerprint density at radius 2 is 2.30 bits per heavy atom. The molecule has 1 aromatic heterocycles. The summed E-state index contributed by atoms with van der Waals surface area (Å²) < 4.78 is 0.